The quantitative estimate of drug-likeness (QED) is 0.691. The van der Waals surface area contributed by atoms with Gasteiger partial charge in [-0.2, -0.15) is 19.6 Å². The van der Waals surface area contributed by atoms with E-state index < -0.39 is 11.6 Å². The fourth-order valence-corrected chi connectivity index (χ4v) is 7.01. The SMILES string of the molecule is C1CC(NC2CCC3(CC2)OOC2(OO3)C3CC4CC(C3)CC2C4)CCO1.Cl. The third-order valence-corrected chi connectivity index (χ3v) is 8.36. The third-order valence-electron chi connectivity index (χ3n) is 8.36. The fraction of sp³-hybridized carbons (Fsp3) is 1.00. The average Bonchev–Trinajstić information content (AvgIpc) is 2.70. The molecule has 5 aliphatic carbocycles. The summed E-state index contributed by atoms with van der Waals surface area (Å²) in [5, 5.41) is 3.81. The lowest BCUT2D eigenvalue weighted by Gasteiger charge is -2.60. The molecule has 7 heteroatoms. The second-order valence-corrected chi connectivity index (χ2v) is 10.1. The molecule has 0 radical (unpaired) electrons. The summed E-state index contributed by atoms with van der Waals surface area (Å²) in [4.78, 5) is 24.3. The molecule has 0 aromatic heterocycles. The standard InChI is InChI=1S/C21H33NO5.ClH/c1-5-20(6-2-18(1)22-19-3-7-23-8-4-19)24-26-21(27-25-20)16-10-14-9-15(12-16)13-17(21)11-14;/h14-19,22H,1-13H2;1H. The molecule has 2 aliphatic heterocycles. The van der Waals surface area contributed by atoms with Crippen molar-refractivity contribution in [1.29, 1.82) is 0 Å². The average molecular weight is 416 g/mol. The van der Waals surface area contributed by atoms with E-state index in [0.29, 0.717) is 23.9 Å². The Balaban J connectivity index is 0.00000171. The molecule has 2 saturated heterocycles. The van der Waals surface area contributed by atoms with Crippen LogP contribution in [0.15, 0.2) is 0 Å². The van der Waals surface area contributed by atoms with E-state index in [1.807, 2.05) is 0 Å². The van der Waals surface area contributed by atoms with Crippen LogP contribution in [-0.4, -0.2) is 36.9 Å². The maximum absolute atomic E-state index is 6.14. The molecular weight excluding hydrogens is 382 g/mol. The number of hydrogen-bond donors (Lipinski definition) is 1. The zero-order valence-corrected chi connectivity index (χ0v) is 17.4. The first-order chi connectivity index (χ1) is 13.2. The van der Waals surface area contributed by atoms with E-state index >= 15 is 0 Å². The van der Waals surface area contributed by atoms with Gasteiger partial charge in [0.1, 0.15) is 0 Å². The lowest BCUT2D eigenvalue weighted by atomic mass is 9.53. The van der Waals surface area contributed by atoms with Crippen LogP contribution in [0.2, 0.25) is 0 Å². The van der Waals surface area contributed by atoms with Crippen LogP contribution in [0, 0.1) is 23.7 Å². The summed E-state index contributed by atoms with van der Waals surface area (Å²) in [5.74, 6) is 1.29. The van der Waals surface area contributed by atoms with Crippen molar-refractivity contribution in [2.75, 3.05) is 13.2 Å². The van der Waals surface area contributed by atoms with Gasteiger partial charge in [0.05, 0.1) is 0 Å². The van der Waals surface area contributed by atoms with Crippen LogP contribution in [0.5, 0.6) is 0 Å². The molecule has 7 fully saturated rings. The van der Waals surface area contributed by atoms with E-state index in [4.69, 9.17) is 24.3 Å². The van der Waals surface area contributed by atoms with Gasteiger partial charge in [0.25, 0.3) is 0 Å². The zero-order valence-electron chi connectivity index (χ0n) is 16.6. The normalized spacial score (nSPS) is 50.8. The summed E-state index contributed by atoms with van der Waals surface area (Å²) < 4.78 is 5.46. The molecule has 7 aliphatic rings. The Morgan fingerprint density at radius 3 is 1.75 bits per heavy atom. The highest BCUT2D eigenvalue weighted by molar-refractivity contribution is 5.85. The summed E-state index contributed by atoms with van der Waals surface area (Å²) >= 11 is 0. The molecule has 28 heavy (non-hydrogen) atoms. The van der Waals surface area contributed by atoms with Crippen LogP contribution in [0.1, 0.15) is 70.6 Å². The number of rotatable bonds is 2. The van der Waals surface area contributed by atoms with Gasteiger partial charge in [-0.15, -0.1) is 12.4 Å². The molecular formula is C21H34ClNO5. The van der Waals surface area contributed by atoms with Crippen molar-refractivity contribution in [3.63, 3.8) is 0 Å². The Hall–Kier alpha value is 0.0500. The smallest absolute Gasteiger partial charge is 0.239 e. The maximum Gasteiger partial charge on any atom is 0.239 e. The summed E-state index contributed by atoms with van der Waals surface area (Å²) in [5.41, 5.74) is 0. The molecule has 0 amide bonds. The molecule has 0 aromatic carbocycles. The van der Waals surface area contributed by atoms with E-state index in [0.717, 1.165) is 63.6 Å². The molecule has 0 unspecified atom stereocenters. The van der Waals surface area contributed by atoms with E-state index in [-0.39, 0.29) is 12.4 Å². The predicted octanol–water partition coefficient (Wildman–Crippen LogP) is 3.88. The fourth-order valence-electron chi connectivity index (χ4n) is 7.01. The van der Waals surface area contributed by atoms with Crippen LogP contribution < -0.4 is 5.32 Å². The number of ether oxygens (including phenoxy) is 1. The summed E-state index contributed by atoms with van der Waals surface area (Å²) in [6, 6.07) is 1.12. The summed E-state index contributed by atoms with van der Waals surface area (Å²) in [6.07, 6.45) is 12.2. The van der Waals surface area contributed by atoms with Gasteiger partial charge < -0.3 is 10.1 Å². The minimum Gasteiger partial charge on any atom is -0.381 e. The molecule has 2 heterocycles. The lowest BCUT2D eigenvalue weighted by Crippen LogP contribution is -2.65. The van der Waals surface area contributed by atoms with Gasteiger partial charge in [0.2, 0.25) is 11.6 Å². The van der Waals surface area contributed by atoms with Gasteiger partial charge in [-0.1, -0.05) is 0 Å². The first-order valence-corrected chi connectivity index (χ1v) is 11.3. The highest BCUT2D eigenvalue weighted by atomic mass is 35.5. The highest BCUT2D eigenvalue weighted by Gasteiger charge is 2.64. The van der Waals surface area contributed by atoms with E-state index in [9.17, 15) is 0 Å². The van der Waals surface area contributed by atoms with Crippen molar-refractivity contribution >= 4 is 12.4 Å². The van der Waals surface area contributed by atoms with Crippen molar-refractivity contribution in [2.24, 2.45) is 23.7 Å². The Morgan fingerprint density at radius 1 is 0.643 bits per heavy atom. The predicted molar refractivity (Wildman–Crippen MR) is 103 cm³/mol. The van der Waals surface area contributed by atoms with Crippen LogP contribution in [0.4, 0.5) is 0 Å². The van der Waals surface area contributed by atoms with Crippen molar-refractivity contribution in [3.05, 3.63) is 0 Å². The molecule has 7 rings (SSSR count). The monoisotopic (exact) mass is 415 g/mol. The van der Waals surface area contributed by atoms with E-state index in [2.05, 4.69) is 5.32 Å². The van der Waals surface area contributed by atoms with Gasteiger partial charge >= 0.3 is 0 Å². The second-order valence-electron chi connectivity index (χ2n) is 10.1. The molecule has 5 saturated carbocycles. The topological polar surface area (TPSA) is 58.2 Å². The minimum absolute atomic E-state index is 0. The van der Waals surface area contributed by atoms with Gasteiger partial charge in [-0.05, 0) is 69.6 Å². The van der Waals surface area contributed by atoms with Crippen LogP contribution in [0.3, 0.4) is 0 Å². The second kappa shape index (κ2) is 7.63. The molecule has 160 valence electrons. The summed E-state index contributed by atoms with van der Waals surface area (Å²) in [6.45, 7) is 1.77. The Labute approximate surface area is 173 Å². The van der Waals surface area contributed by atoms with Gasteiger partial charge in [0.15, 0.2) is 0 Å². The largest absolute Gasteiger partial charge is 0.381 e. The minimum atomic E-state index is -0.701. The van der Waals surface area contributed by atoms with Crippen molar-refractivity contribution in [1.82, 2.24) is 5.32 Å². The molecule has 0 atom stereocenters. The van der Waals surface area contributed by atoms with E-state index in [1.54, 1.807) is 0 Å². The molecule has 6 nitrogen and oxygen atoms in total. The molecule has 4 bridgehead atoms. The third kappa shape index (κ3) is 3.33. The first-order valence-electron chi connectivity index (χ1n) is 11.3. The van der Waals surface area contributed by atoms with Gasteiger partial charge in [-0.25, -0.2) is 0 Å². The maximum atomic E-state index is 6.14. The lowest BCUT2D eigenvalue weighted by molar-refractivity contribution is -0.680. The molecule has 0 aromatic rings. The van der Waals surface area contributed by atoms with Crippen molar-refractivity contribution in [2.45, 2.75) is 94.3 Å². The first kappa shape index (κ1) is 20.0. The molecule has 2 spiro atoms. The van der Waals surface area contributed by atoms with Crippen LogP contribution in [-0.2, 0) is 24.3 Å². The zero-order chi connectivity index (χ0) is 17.9. The Bertz CT molecular complexity index is 521. The number of halogens is 1. The molecule has 1 N–H and O–H groups in total. The Morgan fingerprint density at radius 2 is 1.18 bits per heavy atom. The number of nitrogens with one attached hydrogen (secondary N) is 1. The highest BCUT2D eigenvalue weighted by Crippen LogP contribution is 2.61. The number of hydrogen-bond acceptors (Lipinski definition) is 6. The Kier molecular flexibility index (Phi) is 5.44. The van der Waals surface area contributed by atoms with Gasteiger partial charge in [-0.3, -0.25) is 0 Å². The van der Waals surface area contributed by atoms with Crippen molar-refractivity contribution < 1.29 is 24.3 Å². The van der Waals surface area contributed by atoms with Gasteiger partial charge in [0, 0.05) is 50.0 Å². The van der Waals surface area contributed by atoms with E-state index in [1.165, 1.54) is 32.1 Å². The van der Waals surface area contributed by atoms with Crippen molar-refractivity contribution in [3.8, 4) is 0 Å². The van der Waals surface area contributed by atoms with Crippen LogP contribution in [0.25, 0.3) is 0 Å². The van der Waals surface area contributed by atoms with Crippen LogP contribution >= 0.6 is 12.4 Å². The summed E-state index contributed by atoms with van der Waals surface area (Å²) in [7, 11) is 0.